The van der Waals surface area contributed by atoms with Crippen LogP contribution in [0.15, 0.2) is 42.7 Å². The molecule has 0 spiro atoms. The summed E-state index contributed by atoms with van der Waals surface area (Å²) in [6.07, 6.45) is 3.20. The van der Waals surface area contributed by atoms with Crippen LogP contribution in [0, 0.1) is 11.6 Å². The number of benzene rings is 1. The van der Waals surface area contributed by atoms with Gasteiger partial charge in [0.1, 0.15) is 5.56 Å². The second kappa shape index (κ2) is 4.41. The van der Waals surface area contributed by atoms with Crippen LogP contribution in [0.2, 0.25) is 0 Å². The number of imidazole rings is 1. The summed E-state index contributed by atoms with van der Waals surface area (Å²) in [5.41, 5.74) is 1.04. The van der Waals surface area contributed by atoms with Gasteiger partial charge in [0, 0.05) is 18.0 Å². The third-order valence-electron chi connectivity index (χ3n) is 2.93. The number of nitrogens with zero attached hydrogens (tertiary/aromatic N) is 2. The van der Waals surface area contributed by atoms with E-state index >= 15 is 0 Å². The fourth-order valence-corrected chi connectivity index (χ4v) is 1.97. The molecular formula is C14H8F2N2O2. The fraction of sp³-hybridized carbons (Fsp3) is 0. The fourth-order valence-electron chi connectivity index (χ4n) is 1.97. The molecule has 20 heavy (non-hydrogen) atoms. The summed E-state index contributed by atoms with van der Waals surface area (Å²) in [5.74, 6) is -3.01. The lowest BCUT2D eigenvalue weighted by atomic mass is 10.1. The highest BCUT2D eigenvalue weighted by molar-refractivity contribution is 5.94. The predicted molar refractivity (Wildman–Crippen MR) is 67.5 cm³/mol. The maximum atomic E-state index is 13.2. The molecule has 3 rings (SSSR count). The van der Waals surface area contributed by atoms with E-state index < -0.39 is 17.6 Å². The zero-order valence-corrected chi connectivity index (χ0v) is 10.0. The van der Waals surface area contributed by atoms with Crippen molar-refractivity contribution in [2.75, 3.05) is 0 Å². The second-order valence-electron chi connectivity index (χ2n) is 4.21. The van der Waals surface area contributed by atoms with Crippen LogP contribution in [0.4, 0.5) is 8.78 Å². The topological polar surface area (TPSA) is 54.6 Å². The Morgan fingerprint density at radius 1 is 1.20 bits per heavy atom. The van der Waals surface area contributed by atoms with Gasteiger partial charge in [0.25, 0.3) is 0 Å². The molecule has 1 aromatic carbocycles. The molecule has 0 aliphatic carbocycles. The summed E-state index contributed by atoms with van der Waals surface area (Å²) in [6.45, 7) is 0. The summed E-state index contributed by atoms with van der Waals surface area (Å²) in [7, 11) is 0. The number of carboxylic acids is 1. The number of aromatic nitrogens is 2. The number of pyridine rings is 1. The lowest BCUT2D eigenvalue weighted by molar-refractivity contribution is 0.0698. The zero-order valence-electron chi connectivity index (χ0n) is 10.0. The van der Waals surface area contributed by atoms with Gasteiger partial charge in [0.2, 0.25) is 0 Å². The van der Waals surface area contributed by atoms with Crippen molar-refractivity contribution in [3.8, 4) is 11.3 Å². The molecule has 0 bridgehead atoms. The Hall–Kier alpha value is -2.76. The summed E-state index contributed by atoms with van der Waals surface area (Å²) in [5, 5.41) is 9.08. The average molecular weight is 274 g/mol. The molecule has 1 N–H and O–H groups in total. The molecule has 0 atom stereocenters. The minimum atomic E-state index is -1.10. The molecule has 0 fully saturated rings. The van der Waals surface area contributed by atoms with Gasteiger partial charge in [0.05, 0.1) is 5.69 Å². The normalized spacial score (nSPS) is 10.9. The SMILES string of the molecule is O=C(O)c1cccn2cc(-c3ccc(F)c(F)c3)nc12. The first-order valence-corrected chi connectivity index (χ1v) is 5.72. The van der Waals surface area contributed by atoms with Crippen molar-refractivity contribution >= 4 is 11.6 Å². The van der Waals surface area contributed by atoms with Gasteiger partial charge in [-0.05, 0) is 30.3 Å². The molecule has 0 saturated heterocycles. The molecule has 4 nitrogen and oxygen atoms in total. The number of aromatic carboxylic acids is 1. The lowest BCUT2D eigenvalue weighted by Gasteiger charge is -1.97. The van der Waals surface area contributed by atoms with Crippen LogP contribution in [0.5, 0.6) is 0 Å². The number of carboxylic acid groups (broad SMARTS) is 1. The molecule has 0 unspecified atom stereocenters. The van der Waals surface area contributed by atoms with E-state index in [4.69, 9.17) is 5.11 Å². The first-order valence-electron chi connectivity index (χ1n) is 5.72. The molecule has 3 aromatic rings. The monoisotopic (exact) mass is 274 g/mol. The highest BCUT2D eigenvalue weighted by Crippen LogP contribution is 2.22. The van der Waals surface area contributed by atoms with Crippen LogP contribution in [-0.2, 0) is 0 Å². The number of hydrogen-bond donors (Lipinski definition) is 1. The molecular weight excluding hydrogens is 266 g/mol. The van der Waals surface area contributed by atoms with E-state index in [9.17, 15) is 13.6 Å². The van der Waals surface area contributed by atoms with E-state index in [1.165, 1.54) is 16.5 Å². The van der Waals surface area contributed by atoms with E-state index in [0.717, 1.165) is 12.1 Å². The van der Waals surface area contributed by atoms with Crippen molar-refractivity contribution in [2.24, 2.45) is 0 Å². The standard InChI is InChI=1S/C14H8F2N2O2/c15-10-4-3-8(6-11(10)16)12-7-18-5-1-2-9(14(19)20)13(18)17-12/h1-7H,(H,19,20). The second-order valence-corrected chi connectivity index (χ2v) is 4.21. The van der Waals surface area contributed by atoms with Gasteiger partial charge in [-0.2, -0.15) is 0 Å². The summed E-state index contributed by atoms with van der Waals surface area (Å²) >= 11 is 0. The van der Waals surface area contributed by atoms with Crippen LogP contribution in [0.3, 0.4) is 0 Å². The Labute approximate surface area is 111 Å². The van der Waals surface area contributed by atoms with E-state index in [-0.39, 0.29) is 11.2 Å². The molecule has 0 aliphatic rings. The van der Waals surface area contributed by atoms with Crippen molar-refractivity contribution in [3.05, 3.63) is 59.9 Å². The number of halogens is 2. The molecule has 6 heteroatoms. The highest BCUT2D eigenvalue weighted by atomic mass is 19.2. The molecule has 2 heterocycles. The third-order valence-corrected chi connectivity index (χ3v) is 2.93. The van der Waals surface area contributed by atoms with Crippen LogP contribution in [0.1, 0.15) is 10.4 Å². The Balaban J connectivity index is 2.20. The molecule has 0 amide bonds. The van der Waals surface area contributed by atoms with Crippen LogP contribution in [0.25, 0.3) is 16.9 Å². The minimum absolute atomic E-state index is 0.0429. The van der Waals surface area contributed by atoms with Crippen LogP contribution in [-0.4, -0.2) is 20.5 Å². The molecule has 0 saturated carbocycles. The Kier molecular flexibility index (Phi) is 2.71. The first kappa shape index (κ1) is 12.3. The van der Waals surface area contributed by atoms with Gasteiger partial charge >= 0.3 is 5.97 Å². The van der Waals surface area contributed by atoms with E-state index in [2.05, 4.69) is 4.98 Å². The van der Waals surface area contributed by atoms with Crippen LogP contribution >= 0.6 is 0 Å². The third kappa shape index (κ3) is 1.91. The van der Waals surface area contributed by atoms with Crippen molar-refractivity contribution in [1.29, 1.82) is 0 Å². The number of rotatable bonds is 2. The van der Waals surface area contributed by atoms with E-state index in [0.29, 0.717) is 11.3 Å². The molecule has 2 aromatic heterocycles. The summed E-state index contributed by atoms with van der Waals surface area (Å²) < 4.78 is 27.7. The van der Waals surface area contributed by atoms with Crippen molar-refractivity contribution in [3.63, 3.8) is 0 Å². The number of carbonyl (C=O) groups is 1. The number of fused-ring (bicyclic) bond motifs is 1. The predicted octanol–water partition coefficient (Wildman–Crippen LogP) is 2.98. The van der Waals surface area contributed by atoms with Gasteiger partial charge < -0.3 is 9.51 Å². The molecule has 100 valence electrons. The molecule has 0 aliphatic heterocycles. The molecule has 0 radical (unpaired) electrons. The number of hydrogen-bond acceptors (Lipinski definition) is 2. The van der Waals surface area contributed by atoms with Gasteiger partial charge in [-0.1, -0.05) is 0 Å². The van der Waals surface area contributed by atoms with Gasteiger partial charge in [-0.15, -0.1) is 0 Å². The van der Waals surface area contributed by atoms with E-state index in [1.54, 1.807) is 18.5 Å². The lowest BCUT2D eigenvalue weighted by Crippen LogP contribution is -1.99. The minimum Gasteiger partial charge on any atom is -0.478 e. The van der Waals surface area contributed by atoms with Crippen LogP contribution < -0.4 is 0 Å². The van der Waals surface area contributed by atoms with Gasteiger partial charge in [-0.3, -0.25) is 0 Å². The van der Waals surface area contributed by atoms with Gasteiger partial charge in [-0.25, -0.2) is 18.6 Å². The first-order chi connectivity index (χ1) is 9.56. The zero-order chi connectivity index (χ0) is 14.3. The average Bonchev–Trinajstić information content (AvgIpc) is 2.85. The smallest absolute Gasteiger partial charge is 0.339 e. The Morgan fingerprint density at radius 3 is 2.70 bits per heavy atom. The maximum absolute atomic E-state index is 13.2. The maximum Gasteiger partial charge on any atom is 0.339 e. The quantitative estimate of drug-likeness (QED) is 0.781. The summed E-state index contributed by atoms with van der Waals surface area (Å²) in [4.78, 5) is 15.3. The van der Waals surface area contributed by atoms with Crippen molar-refractivity contribution < 1.29 is 18.7 Å². The Morgan fingerprint density at radius 2 is 2.00 bits per heavy atom. The summed E-state index contributed by atoms with van der Waals surface area (Å²) in [6, 6.07) is 6.43. The van der Waals surface area contributed by atoms with Crippen molar-refractivity contribution in [2.45, 2.75) is 0 Å². The van der Waals surface area contributed by atoms with E-state index in [1.807, 2.05) is 0 Å². The van der Waals surface area contributed by atoms with Gasteiger partial charge in [0.15, 0.2) is 17.3 Å². The highest BCUT2D eigenvalue weighted by Gasteiger charge is 2.13. The largest absolute Gasteiger partial charge is 0.478 e. The van der Waals surface area contributed by atoms with Crippen molar-refractivity contribution in [1.82, 2.24) is 9.38 Å². The Bertz CT molecular complexity index is 827.